The maximum Gasteiger partial charge on any atom is 0.0884 e. The topological polar surface area (TPSA) is 21.3 Å². The predicted octanol–water partition coefficient (Wildman–Crippen LogP) is 5.23. The molecule has 0 aromatic carbocycles. The zero-order valence-electron chi connectivity index (χ0n) is 13.9. The van der Waals surface area contributed by atoms with E-state index in [1.54, 1.807) is 0 Å². The summed E-state index contributed by atoms with van der Waals surface area (Å²) in [5.74, 6) is 0. The van der Waals surface area contributed by atoms with E-state index in [0.29, 0.717) is 6.04 Å². The lowest BCUT2D eigenvalue weighted by Crippen LogP contribution is -2.46. The molecule has 0 bridgehead atoms. The summed E-state index contributed by atoms with van der Waals surface area (Å²) in [5, 5.41) is 6.05. The second-order valence-electron chi connectivity index (χ2n) is 6.27. The monoisotopic (exact) mass is 309 g/mol. The smallest absolute Gasteiger partial charge is 0.0884 e. The fourth-order valence-corrected chi connectivity index (χ4v) is 4.72. The van der Waals surface area contributed by atoms with Crippen LogP contribution < -0.4 is 5.32 Å². The lowest BCUT2D eigenvalue weighted by Gasteiger charge is -2.41. The van der Waals surface area contributed by atoms with E-state index in [4.69, 9.17) is 4.74 Å². The highest BCUT2D eigenvalue weighted by Gasteiger charge is 2.41. The molecule has 2 rings (SSSR count). The third-order valence-corrected chi connectivity index (χ3v) is 5.75. The maximum absolute atomic E-state index is 6.43. The molecular weight excluding hydrogens is 278 g/mol. The Balaban J connectivity index is 2.31. The van der Waals surface area contributed by atoms with Crippen molar-refractivity contribution in [3.63, 3.8) is 0 Å². The van der Waals surface area contributed by atoms with Gasteiger partial charge in [-0.25, -0.2) is 0 Å². The maximum atomic E-state index is 6.43. The van der Waals surface area contributed by atoms with Crippen LogP contribution in [0.4, 0.5) is 0 Å². The van der Waals surface area contributed by atoms with Crippen LogP contribution in [0.25, 0.3) is 0 Å². The molecule has 1 fully saturated rings. The first-order valence-corrected chi connectivity index (χ1v) is 9.53. The third kappa shape index (κ3) is 4.08. The highest BCUT2D eigenvalue weighted by molar-refractivity contribution is 7.10. The molecule has 0 amide bonds. The fraction of sp³-hybridized carbons (Fsp3) is 0.778. The first-order chi connectivity index (χ1) is 10.2. The highest BCUT2D eigenvalue weighted by atomic mass is 32.1. The molecule has 1 aliphatic carbocycles. The Morgan fingerprint density at radius 3 is 2.48 bits per heavy atom. The van der Waals surface area contributed by atoms with Gasteiger partial charge in [0.2, 0.25) is 0 Å². The van der Waals surface area contributed by atoms with Gasteiger partial charge >= 0.3 is 0 Å². The zero-order chi connectivity index (χ0) is 15.1. The van der Waals surface area contributed by atoms with E-state index < -0.39 is 0 Å². The van der Waals surface area contributed by atoms with E-state index in [2.05, 4.69) is 37.5 Å². The number of hydrogen-bond acceptors (Lipinski definition) is 3. The van der Waals surface area contributed by atoms with Crippen molar-refractivity contribution in [2.24, 2.45) is 0 Å². The molecule has 1 N–H and O–H groups in total. The lowest BCUT2D eigenvalue weighted by atomic mass is 9.84. The Morgan fingerprint density at radius 1 is 1.24 bits per heavy atom. The Labute approximate surface area is 134 Å². The summed E-state index contributed by atoms with van der Waals surface area (Å²) in [7, 11) is 0. The van der Waals surface area contributed by atoms with Crippen molar-refractivity contribution in [2.45, 2.75) is 77.4 Å². The summed E-state index contributed by atoms with van der Waals surface area (Å²) in [6, 6.07) is 2.60. The van der Waals surface area contributed by atoms with Crippen molar-refractivity contribution in [3.05, 3.63) is 21.9 Å². The number of aryl methyl sites for hydroxylation is 1. The average molecular weight is 310 g/mol. The quantitative estimate of drug-likeness (QED) is 0.697. The van der Waals surface area contributed by atoms with Crippen LogP contribution in [0.5, 0.6) is 0 Å². The van der Waals surface area contributed by atoms with Crippen LogP contribution in [-0.2, 0) is 4.74 Å². The van der Waals surface area contributed by atoms with Crippen LogP contribution in [0.1, 0.15) is 75.3 Å². The van der Waals surface area contributed by atoms with Crippen LogP contribution in [0.15, 0.2) is 11.4 Å². The van der Waals surface area contributed by atoms with Crippen LogP contribution in [0, 0.1) is 6.92 Å². The summed E-state index contributed by atoms with van der Waals surface area (Å²) in [6.07, 6.45) is 8.88. The van der Waals surface area contributed by atoms with Gasteiger partial charge in [0.1, 0.15) is 0 Å². The second-order valence-corrected chi connectivity index (χ2v) is 7.21. The van der Waals surface area contributed by atoms with Crippen molar-refractivity contribution in [1.29, 1.82) is 0 Å². The highest BCUT2D eigenvalue weighted by Crippen LogP contribution is 2.43. The molecule has 0 spiro atoms. The van der Waals surface area contributed by atoms with E-state index >= 15 is 0 Å². The summed E-state index contributed by atoms with van der Waals surface area (Å²) < 4.78 is 6.43. The van der Waals surface area contributed by atoms with Gasteiger partial charge in [-0.15, -0.1) is 11.3 Å². The molecule has 1 aliphatic rings. The number of thiophene rings is 1. The molecule has 1 aromatic rings. The van der Waals surface area contributed by atoms with Gasteiger partial charge in [0.05, 0.1) is 11.6 Å². The molecule has 1 saturated carbocycles. The van der Waals surface area contributed by atoms with E-state index in [0.717, 1.165) is 13.2 Å². The number of nitrogens with one attached hydrogen (secondary N) is 1. The fourth-order valence-electron chi connectivity index (χ4n) is 3.62. The van der Waals surface area contributed by atoms with Gasteiger partial charge in [0.25, 0.3) is 0 Å². The van der Waals surface area contributed by atoms with Gasteiger partial charge in [0, 0.05) is 11.5 Å². The van der Waals surface area contributed by atoms with Gasteiger partial charge in [-0.1, -0.05) is 32.6 Å². The molecule has 1 aromatic heterocycles. The minimum Gasteiger partial charge on any atom is -0.373 e. The molecule has 1 atom stereocenters. The molecule has 0 radical (unpaired) electrons. The Bertz CT molecular complexity index is 407. The zero-order valence-corrected chi connectivity index (χ0v) is 14.7. The van der Waals surface area contributed by atoms with Gasteiger partial charge in [-0.2, -0.15) is 0 Å². The molecule has 0 aliphatic heterocycles. The minimum absolute atomic E-state index is 0.00394. The summed E-state index contributed by atoms with van der Waals surface area (Å²) >= 11 is 1.89. The molecular formula is C18H31NOS. The van der Waals surface area contributed by atoms with E-state index in [9.17, 15) is 0 Å². The number of hydrogen-bond donors (Lipinski definition) is 1. The van der Waals surface area contributed by atoms with E-state index in [-0.39, 0.29) is 5.60 Å². The largest absolute Gasteiger partial charge is 0.373 e. The van der Waals surface area contributed by atoms with Gasteiger partial charge < -0.3 is 10.1 Å². The van der Waals surface area contributed by atoms with Crippen LogP contribution in [0.3, 0.4) is 0 Å². The summed E-state index contributed by atoms with van der Waals surface area (Å²) in [4.78, 5) is 1.49. The average Bonchev–Trinajstić information content (AvgIpc) is 2.75. The molecule has 1 heterocycles. The Morgan fingerprint density at radius 2 is 1.95 bits per heavy atom. The van der Waals surface area contributed by atoms with Crippen molar-refractivity contribution in [3.8, 4) is 0 Å². The number of ether oxygens (including phenoxy) is 1. The van der Waals surface area contributed by atoms with Crippen molar-refractivity contribution < 1.29 is 4.74 Å². The summed E-state index contributed by atoms with van der Waals surface area (Å²) in [5.41, 5.74) is 1.41. The first kappa shape index (κ1) is 17.0. The van der Waals surface area contributed by atoms with Gasteiger partial charge in [-0.3, -0.25) is 0 Å². The van der Waals surface area contributed by atoms with Gasteiger partial charge in [0.15, 0.2) is 0 Å². The normalized spacial score (nSPS) is 20.1. The van der Waals surface area contributed by atoms with E-state index in [1.807, 2.05) is 11.3 Å². The van der Waals surface area contributed by atoms with Crippen LogP contribution in [-0.4, -0.2) is 18.8 Å². The molecule has 21 heavy (non-hydrogen) atoms. The SMILES string of the molecule is CCCNC(c1sccc1C)C1(OCC)CCCCCC1. The molecule has 120 valence electrons. The van der Waals surface area contributed by atoms with Crippen molar-refractivity contribution >= 4 is 11.3 Å². The number of rotatable bonds is 7. The first-order valence-electron chi connectivity index (χ1n) is 8.65. The van der Waals surface area contributed by atoms with Crippen LogP contribution in [0.2, 0.25) is 0 Å². The summed E-state index contributed by atoms with van der Waals surface area (Å²) in [6.45, 7) is 8.50. The van der Waals surface area contributed by atoms with Gasteiger partial charge in [-0.05, 0) is 56.7 Å². The molecule has 2 nitrogen and oxygen atoms in total. The molecule has 1 unspecified atom stereocenters. The second kappa shape index (κ2) is 8.30. The molecule has 0 saturated heterocycles. The van der Waals surface area contributed by atoms with Crippen molar-refractivity contribution in [1.82, 2.24) is 5.32 Å². The Hall–Kier alpha value is -0.380. The predicted molar refractivity (Wildman–Crippen MR) is 92.1 cm³/mol. The van der Waals surface area contributed by atoms with E-state index in [1.165, 1.54) is 55.4 Å². The third-order valence-electron chi connectivity index (χ3n) is 4.67. The van der Waals surface area contributed by atoms with Crippen molar-refractivity contribution in [2.75, 3.05) is 13.2 Å². The minimum atomic E-state index is -0.00394. The lowest BCUT2D eigenvalue weighted by molar-refractivity contribution is -0.0774. The Kier molecular flexibility index (Phi) is 6.72. The van der Waals surface area contributed by atoms with Crippen LogP contribution >= 0.6 is 11.3 Å². The molecule has 3 heteroatoms. The standard InChI is InChI=1S/C18H31NOS/c1-4-13-19-17(16-15(3)10-14-21-16)18(20-5-2)11-8-6-7-9-12-18/h10,14,17,19H,4-9,11-13H2,1-3H3.